The second-order valence-electron chi connectivity index (χ2n) is 9.97. The highest BCUT2D eigenvalue weighted by atomic mass is 32.1. The molecule has 3 N–H and O–H groups in total. The van der Waals surface area contributed by atoms with E-state index in [1.165, 1.54) is 29.5 Å². The topological polar surface area (TPSA) is 147 Å². The first kappa shape index (κ1) is 26.3. The van der Waals surface area contributed by atoms with E-state index in [1.807, 2.05) is 39.0 Å². The van der Waals surface area contributed by atoms with E-state index in [1.54, 1.807) is 7.11 Å². The predicted molar refractivity (Wildman–Crippen MR) is 144 cm³/mol. The first-order valence-corrected chi connectivity index (χ1v) is 13.2. The molecule has 6 amide bonds. The maximum atomic E-state index is 13.2. The molecule has 0 spiro atoms. The molecule has 2 atom stereocenters. The van der Waals surface area contributed by atoms with Gasteiger partial charge < -0.3 is 15.4 Å². The number of carbonyl (C=O) groups excluding carboxylic acids is 5. The molecule has 5 rings (SSSR count). The number of aromatic nitrogens is 1. The summed E-state index contributed by atoms with van der Waals surface area (Å²) in [6, 6.07) is 8.46. The van der Waals surface area contributed by atoms with Crippen LogP contribution in [0.4, 0.5) is 10.5 Å². The summed E-state index contributed by atoms with van der Waals surface area (Å²) < 4.78 is 6.37. The van der Waals surface area contributed by atoms with Crippen molar-refractivity contribution in [2.75, 3.05) is 12.4 Å². The van der Waals surface area contributed by atoms with E-state index in [2.05, 4.69) is 16.0 Å². The predicted octanol–water partition coefficient (Wildman–Crippen LogP) is 3.40. The van der Waals surface area contributed by atoms with Gasteiger partial charge in [0.2, 0.25) is 11.8 Å². The van der Waals surface area contributed by atoms with Gasteiger partial charge in [-0.25, -0.2) is 9.78 Å². The van der Waals surface area contributed by atoms with E-state index < -0.39 is 41.2 Å². The maximum Gasteiger partial charge on any atom is 0.320 e. The Balaban J connectivity index is 1.36. The highest BCUT2D eigenvalue weighted by molar-refractivity contribution is 7.18. The fourth-order valence-corrected chi connectivity index (χ4v) is 5.94. The molecular formula is C27H27N5O6S. The van der Waals surface area contributed by atoms with Crippen molar-refractivity contribution in [2.45, 2.75) is 45.2 Å². The molecule has 0 saturated carbocycles. The molecule has 202 valence electrons. The van der Waals surface area contributed by atoms with Crippen LogP contribution in [0.3, 0.4) is 0 Å². The van der Waals surface area contributed by atoms with Crippen LogP contribution in [-0.2, 0) is 15.1 Å². The van der Waals surface area contributed by atoms with Crippen LogP contribution in [0.25, 0.3) is 10.2 Å². The number of anilines is 1. The van der Waals surface area contributed by atoms with Crippen LogP contribution >= 0.6 is 11.3 Å². The maximum absolute atomic E-state index is 13.2. The number of ether oxygens (including phenoxy) is 1. The van der Waals surface area contributed by atoms with Crippen LogP contribution < -0.4 is 20.7 Å². The molecule has 11 nitrogen and oxygen atoms in total. The second kappa shape index (κ2) is 9.77. The lowest BCUT2D eigenvalue weighted by Crippen LogP contribution is -2.54. The summed E-state index contributed by atoms with van der Waals surface area (Å²) in [5.74, 6) is -1.77. The Morgan fingerprint density at radius 2 is 1.90 bits per heavy atom. The number of piperidine rings is 1. The zero-order valence-electron chi connectivity index (χ0n) is 21.8. The molecule has 2 unspecified atom stereocenters. The highest BCUT2D eigenvalue weighted by Gasteiger charge is 2.44. The Kier molecular flexibility index (Phi) is 6.59. The van der Waals surface area contributed by atoms with Crippen molar-refractivity contribution in [3.05, 3.63) is 52.5 Å². The third-order valence-corrected chi connectivity index (χ3v) is 8.53. The van der Waals surface area contributed by atoms with Crippen molar-refractivity contribution >= 4 is 56.9 Å². The summed E-state index contributed by atoms with van der Waals surface area (Å²) in [5, 5.41) is 8.65. The average molecular weight is 550 g/mol. The highest BCUT2D eigenvalue weighted by Crippen LogP contribution is 2.38. The quantitative estimate of drug-likeness (QED) is 0.399. The van der Waals surface area contributed by atoms with Gasteiger partial charge in [0.1, 0.15) is 22.3 Å². The van der Waals surface area contributed by atoms with Crippen LogP contribution in [-0.4, -0.2) is 52.7 Å². The minimum absolute atomic E-state index is 0.0314. The van der Waals surface area contributed by atoms with Gasteiger partial charge >= 0.3 is 6.03 Å². The number of benzene rings is 2. The molecule has 2 aromatic carbocycles. The number of fused-ring (bicyclic) bond motifs is 2. The lowest BCUT2D eigenvalue weighted by Gasteiger charge is -2.32. The summed E-state index contributed by atoms with van der Waals surface area (Å²) in [5.41, 5.74) is 0.397. The molecular weight excluding hydrogens is 522 g/mol. The van der Waals surface area contributed by atoms with Gasteiger partial charge in [-0.3, -0.25) is 29.4 Å². The first-order chi connectivity index (χ1) is 18.5. The van der Waals surface area contributed by atoms with Gasteiger partial charge in [0.05, 0.1) is 28.5 Å². The van der Waals surface area contributed by atoms with Gasteiger partial charge in [-0.1, -0.05) is 19.9 Å². The van der Waals surface area contributed by atoms with Gasteiger partial charge in [-0.2, -0.15) is 0 Å². The zero-order chi connectivity index (χ0) is 28.1. The molecule has 3 heterocycles. The van der Waals surface area contributed by atoms with E-state index in [4.69, 9.17) is 9.72 Å². The standard InChI is InChI=1S/C27H27N5O6S/c1-13(2)27(3,25-30-21-18(38-4)6-5-7-19(21)39-25)31-26(37)28-14-8-9-15-16(12-14)24(36)32(23(15)35)17-10-11-20(33)29-22(17)34/h5-9,12-13,17H,10-11H2,1-4H3,(H2,28,31,37)(H,29,33,34). The Hall–Kier alpha value is -4.32. The number of thiazole rings is 1. The molecule has 0 radical (unpaired) electrons. The summed E-state index contributed by atoms with van der Waals surface area (Å²) in [6.45, 7) is 5.85. The van der Waals surface area contributed by atoms with Gasteiger partial charge in [0.25, 0.3) is 11.8 Å². The lowest BCUT2D eigenvalue weighted by atomic mass is 9.89. The van der Waals surface area contributed by atoms with Gasteiger partial charge in [0.15, 0.2) is 0 Å². The fourth-order valence-electron chi connectivity index (χ4n) is 4.70. The number of urea groups is 1. The Morgan fingerprint density at radius 1 is 1.15 bits per heavy atom. The minimum atomic E-state index is -1.06. The normalized spacial score (nSPS) is 18.7. The third kappa shape index (κ3) is 4.50. The van der Waals surface area contributed by atoms with Gasteiger partial charge in [-0.05, 0) is 49.6 Å². The van der Waals surface area contributed by atoms with E-state index in [0.29, 0.717) is 16.4 Å². The largest absolute Gasteiger partial charge is 0.494 e. The lowest BCUT2D eigenvalue weighted by molar-refractivity contribution is -0.136. The summed E-state index contributed by atoms with van der Waals surface area (Å²) >= 11 is 1.47. The Labute approximate surface area is 227 Å². The van der Waals surface area contributed by atoms with Crippen molar-refractivity contribution in [3.63, 3.8) is 0 Å². The number of hydrogen-bond donors (Lipinski definition) is 3. The molecule has 0 aliphatic carbocycles. The molecule has 3 aromatic rings. The average Bonchev–Trinajstić information content (AvgIpc) is 3.44. The van der Waals surface area contributed by atoms with E-state index in [-0.39, 0.29) is 29.9 Å². The number of nitrogens with zero attached hydrogens (tertiary/aromatic N) is 2. The zero-order valence-corrected chi connectivity index (χ0v) is 22.6. The smallest absolute Gasteiger partial charge is 0.320 e. The number of amides is 6. The summed E-state index contributed by atoms with van der Waals surface area (Å²) in [7, 11) is 1.58. The van der Waals surface area contributed by atoms with E-state index >= 15 is 0 Å². The van der Waals surface area contributed by atoms with Crippen molar-refractivity contribution in [2.24, 2.45) is 5.92 Å². The van der Waals surface area contributed by atoms with Crippen molar-refractivity contribution in [1.29, 1.82) is 0 Å². The number of para-hydroxylation sites is 1. The fraction of sp³-hybridized carbons (Fsp3) is 0.333. The first-order valence-electron chi connectivity index (χ1n) is 12.4. The van der Waals surface area contributed by atoms with E-state index in [9.17, 15) is 24.0 Å². The molecule has 1 fully saturated rings. The number of imide groups is 2. The number of carbonyl (C=O) groups is 5. The third-order valence-electron chi connectivity index (χ3n) is 7.27. The second-order valence-corrected chi connectivity index (χ2v) is 11.0. The molecule has 0 bridgehead atoms. The molecule has 12 heteroatoms. The van der Waals surface area contributed by atoms with Crippen molar-refractivity contribution in [3.8, 4) is 5.75 Å². The number of methoxy groups -OCH3 is 1. The van der Waals surface area contributed by atoms with E-state index in [0.717, 1.165) is 15.1 Å². The molecule has 39 heavy (non-hydrogen) atoms. The van der Waals surface area contributed by atoms with Crippen LogP contribution in [0.2, 0.25) is 0 Å². The number of nitrogens with one attached hydrogen (secondary N) is 3. The Morgan fingerprint density at radius 3 is 2.59 bits per heavy atom. The van der Waals surface area contributed by atoms with Crippen molar-refractivity contribution < 1.29 is 28.7 Å². The van der Waals surface area contributed by atoms with Gasteiger partial charge in [0, 0.05) is 12.1 Å². The minimum Gasteiger partial charge on any atom is -0.494 e. The number of rotatable bonds is 6. The van der Waals surface area contributed by atoms with Crippen LogP contribution in [0, 0.1) is 5.92 Å². The molecule has 2 aliphatic heterocycles. The molecule has 2 aliphatic rings. The van der Waals surface area contributed by atoms with Gasteiger partial charge in [-0.15, -0.1) is 11.3 Å². The monoisotopic (exact) mass is 549 g/mol. The number of hydrogen-bond acceptors (Lipinski definition) is 8. The summed E-state index contributed by atoms with van der Waals surface area (Å²) in [6.07, 6.45) is 0.0991. The summed E-state index contributed by atoms with van der Waals surface area (Å²) in [4.78, 5) is 68.6. The van der Waals surface area contributed by atoms with Crippen LogP contribution in [0.15, 0.2) is 36.4 Å². The van der Waals surface area contributed by atoms with Crippen LogP contribution in [0.1, 0.15) is 59.3 Å². The Bertz CT molecular complexity index is 1550. The SMILES string of the molecule is COc1cccc2sc(C(C)(NC(=O)Nc3ccc4c(c3)C(=O)N(C3CCC(=O)NC3=O)C4=O)C(C)C)nc12. The van der Waals surface area contributed by atoms with Crippen LogP contribution in [0.5, 0.6) is 5.75 Å². The molecule has 1 aromatic heterocycles. The molecule has 1 saturated heterocycles. The van der Waals surface area contributed by atoms with Crippen molar-refractivity contribution in [1.82, 2.24) is 20.5 Å².